The van der Waals surface area contributed by atoms with Crippen molar-refractivity contribution in [3.05, 3.63) is 78.0 Å². The minimum Gasteiger partial charge on any atom is -0.487 e. The van der Waals surface area contributed by atoms with Crippen molar-refractivity contribution in [3.8, 4) is 17.0 Å². The first-order chi connectivity index (χ1) is 18.0. The molecule has 2 heterocycles. The average molecular weight is 551 g/mol. The molecular formula is C24H22F4N6O3S. The zero-order chi connectivity index (χ0) is 27.3. The van der Waals surface area contributed by atoms with Gasteiger partial charge in [-0.05, 0) is 36.8 Å². The summed E-state index contributed by atoms with van der Waals surface area (Å²) in [5, 5.41) is 10.0. The SMILES string of the molecule is Cc1cnc(Nc2cc(-c3ccc(NS(=O)(=O)CCC(F)(F)F)c(OCc4ccc(F)cc4)c3)[nH]n2)cn1. The number of hydrogen-bond acceptors (Lipinski definition) is 7. The molecule has 0 radical (unpaired) electrons. The number of aromatic nitrogens is 4. The zero-order valence-electron chi connectivity index (χ0n) is 19.9. The lowest BCUT2D eigenvalue weighted by atomic mass is 10.1. The maximum absolute atomic E-state index is 13.2. The van der Waals surface area contributed by atoms with Crippen LogP contribution in [-0.2, 0) is 16.6 Å². The average Bonchev–Trinajstić information content (AvgIpc) is 3.32. The third-order valence-electron chi connectivity index (χ3n) is 5.13. The number of ether oxygens (including phenoxy) is 1. The van der Waals surface area contributed by atoms with Gasteiger partial charge in [-0.25, -0.2) is 17.8 Å². The number of alkyl halides is 3. The Kier molecular flexibility index (Phi) is 7.80. The molecule has 0 atom stereocenters. The van der Waals surface area contributed by atoms with E-state index >= 15 is 0 Å². The molecule has 3 N–H and O–H groups in total. The predicted octanol–water partition coefficient (Wildman–Crippen LogP) is 5.33. The molecule has 0 amide bonds. The second kappa shape index (κ2) is 11.0. The van der Waals surface area contributed by atoms with E-state index < -0.39 is 34.2 Å². The van der Waals surface area contributed by atoms with E-state index in [0.29, 0.717) is 28.5 Å². The smallest absolute Gasteiger partial charge is 0.390 e. The monoisotopic (exact) mass is 550 g/mol. The Morgan fingerprint density at radius 3 is 2.45 bits per heavy atom. The predicted molar refractivity (Wildman–Crippen MR) is 133 cm³/mol. The van der Waals surface area contributed by atoms with Crippen molar-refractivity contribution in [1.82, 2.24) is 20.2 Å². The van der Waals surface area contributed by atoms with E-state index in [4.69, 9.17) is 4.74 Å². The van der Waals surface area contributed by atoms with Crippen LogP contribution >= 0.6 is 0 Å². The fraction of sp³-hybridized carbons (Fsp3) is 0.208. The second-order valence-corrected chi connectivity index (χ2v) is 10.1. The van der Waals surface area contributed by atoms with Gasteiger partial charge in [0, 0.05) is 11.6 Å². The fourth-order valence-corrected chi connectivity index (χ4v) is 4.33. The van der Waals surface area contributed by atoms with Crippen LogP contribution in [0.15, 0.2) is 60.9 Å². The molecule has 0 fully saturated rings. The summed E-state index contributed by atoms with van der Waals surface area (Å²) in [7, 11) is -4.33. The summed E-state index contributed by atoms with van der Waals surface area (Å²) in [5.41, 5.74) is 2.37. The second-order valence-electron chi connectivity index (χ2n) is 8.25. The van der Waals surface area contributed by atoms with Gasteiger partial charge in [-0.15, -0.1) is 0 Å². The molecule has 0 spiro atoms. The first-order valence-electron chi connectivity index (χ1n) is 11.2. The number of halogens is 4. The summed E-state index contributed by atoms with van der Waals surface area (Å²) in [6, 6.07) is 11.6. The molecule has 0 bridgehead atoms. The third kappa shape index (κ3) is 7.65. The molecule has 200 valence electrons. The molecule has 0 aliphatic rings. The molecule has 4 aromatic rings. The molecule has 2 aromatic heterocycles. The van der Waals surface area contributed by atoms with Gasteiger partial charge in [0.2, 0.25) is 10.0 Å². The highest BCUT2D eigenvalue weighted by Crippen LogP contribution is 2.33. The van der Waals surface area contributed by atoms with Crippen LogP contribution in [-0.4, -0.2) is 40.5 Å². The van der Waals surface area contributed by atoms with Gasteiger partial charge in [0.1, 0.15) is 24.0 Å². The molecule has 9 nitrogen and oxygen atoms in total. The highest BCUT2D eigenvalue weighted by molar-refractivity contribution is 7.92. The maximum Gasteiger partial charge on any atom is 0.390 e. The first-order valence-corrected chi connectivity index (χ1v) is 12.8. The van der Waals surface area contributed by atoms with Crippen molar-refractivity contribution in [1.29, 1.82) is 0 Å². The third-order valence-corrected chi connectivity index (χ3v) is 6.41. The van der Waals surface area contributed by atoms with Gasteiger partial charge in [-0.1, -0.05) is 18.2 Å². The topological polar surface area (TPSA) is 122 Å². The fourth-order valence-electron chi connectivity index (χ4n) is 3.23. The Labute approximate surface area is 215 Å². The van der Waals surface area contributed by atoms with Gasteiger partial charge in [-0.2, -0.15) is 18.3 Å². The van der Waals surface area contributed by atoms with E-state index in [1.807, 2.05) is 0 Å². The highest BCUT2D eigenvalue weighted by Gasteiger charge is 2.30. The van der Waals surface area contributed by atoms with Crippen LogP contribution in [0, 0.1) is 12.7 Å². The van der Waals surface area contributed by atoms with E-state index in [0.717, 1.165) is 5.69 Å². The number of aromatic amines is 1. The summed E-state index contributed by atoms with van der Waals surface area (Å²) in [4.78, 5) is 8.35. The lowest BCUT2D eigenvalue weighted by Crippen LogP contribution is -2.22. The van der Waals surface area contributed by atoms with Gasteiger partial charge >= 0.3 is 6.18 Å². The van der Waals surface area contributed by atoms with Crippen LogP contribution < -0.4 is 14.8 Å². The Morgan fingerprint density at radius 1 is 1.00 bits per heavy atom. The van der Waals surface area contributed by atoms with Gasteiger partial charge in [0.15, 0.2) is 5.82 Å². The number of nitrogens with zero attached hydrogens (tertiary/aromatic N) is 3. The molecule has 14 heteroatoms. The van der Waals surface area contributed by atoms with Crippen LogP contribution in [0.25, 0.3) is 11.3 Å². The van der Waals surface area contributed by atoms with E-state index in [2.05, 4.69) is 30.2 Å². The van der Waals surface area contributed by atoms with Gasteiger partial charge in [0.05, 0.1) is 41.6 Å². The number of aryl methyl sites for hydroxylation is 1. The summed E-state index contributed by atoms with van der Waals surface area (Å²) in [6.45, 7) is 1.75. The standard InChI is InChI=1S/C24H22F4N6O3S/c1-15-12-30-23(13-29-15)31-22-11-20(32-33-22)17-4-7-19(34-38(35,36)9-8-24(26,27)28)21(10-17)37-14-16-2-5-18(25)6-3-16/h2-7,10-13,34H,8-9,14H2,1H3,(H2,30,31,32,33). The number of nitrogens with one attached hydrogen (secondary N) is 3. The lowest BCUT2D eigenvalue weighted by molar-refractivity contribution is -0.129. The van der Waals surface area contributed by atoms with Crippen LogP contribution in [0.2, 0.25) is 0 Å². The van der Waals surface area contributed by atoms with E-state index in [1.54, 1.807) is 31.5 Å². The van der Waals surface area contributed by atoms with Gasteiger partial charge in [0.25, 0.3) is 0 Å². The maximum atomic E-state index is 13.2. The minimum absolute atomic E-state index is 0.0502. The van der Waals surface area contributed by atoms with Crippen LogP contribution in [0.5, 0.6) is 5.75 Å². The number of hydrogen-bond donors (Lipinski definition) is 3. The van der Waals surface area contributed by atoms with Crippen LogP contribution in [0.3, 0.4) is 0 Å². The van der Waals surface area contributed by atoms with Crippen molar-refractivity contribution in [2.24, 2.45) is 0 Å². The van der Waals surface area contributed by atoms with Gasteiger partial charge in [-0.3, -0.25) is 14.8 Å². The molecule has 0 unspecified atom stereocenters. The molecule has 0 aliphatic heterocycles. The molecule has 4 rings (SSSR count). The largest absolute Gasteiger partial charge is 0.487 e. The number of anilines is 3. The van der Waals surface area contributed by atoms with Crippen molar-refractivity contribution >= 4 is 27.3 Å². The summed E-state index contributed by atoms with van der Waals surface area (Å²) in [6.07, 6.45) is -2.99. The van der Waals surface area contributed by atoms with Gasteiger partial charge < -0.3 is 10.1 Å². The van der Waals surface area contributed by atoms with Crippen LogP contribution in [0.1, 0.15) is 17.7 Å². The summed E-state index contributed by atoms with van der Waals surface area (Å²) in [5.74, 6) is -0.623. The van der Waals surface area contributed by atoms with Crippen molar-refractivity contribution in [2.45, 2.75) is 26.1 Å². The molecule has 2 aromatic carbocycles. The molecular weight excluding hydrogens is 528 g/mol. The Bertz CT molecular complexity index is 1490. The van der Waals surface area contributed by atoms with Crippen molar-refractivity contribution in [3.63, 3.8) is 0 Å². The van der Waals surface area contributed by atoms with E-state index in [9.17, 15) is 26.0 Å². The Balaban J connectivity index is 1.58. The van der Waals surface area contributed by atoms with Crippen molar-refractivity contribution in [2.75, 3.05) is 15.8 Å². The summed E-state index contributed by atoms with van der Waals surface area (Å²) < 4.78 is 83.5. The number of sulfonamides is 1. The number of rotatable bonds is 10. The molecule has 0 saturated carbocycles. The molecule has 0 aliphatic carbocycles. The van der Waals surface area contributed by atoms with E-state index in [1.165, 1.54) is 36.4 Å². The Morgan fingerprint density at radius 2 is 1.76 bits per heavy atom. The zero-order valence-corrected chi connectivity index (χ0v) is 20.7. The highest BCUT2D eigenvalue weighted by atomic mass is 32.2. The van der Waals surface area contributed by atoms with E-state index in [-0.39, 0.29) is 18.0 Å². The molecule has 38 heavy (non-hydrogen) atoms. The lowest BCUT2D eigenvalue weighted by Gasteiger charge is -2.15. The van der Waals surface area contributed by atoms with Crippen molar-refractivity contribution < 1.29 is 30.7 Å². The number of benzene rings is 2. The minimum atomic E-state index is -4.63. The Hall–Kier alpha value is -4.20. The normalized spacial score (nSPS) is 11.8. The quantitative estimate of drug-likeness (QED) is 0.228. The molecule has 0 saturated heterocycles. The van der Waals surface area contributed by atoms with Crippen LogP contribution in [0.4, 0.5) is 34.9 Å². The first kappa shape index (κ1) is 26.9. The summed E-state index contributed by atoms with van der Waals surface area (Å²) >= 11 is 0. The number of H-pyrrole nitrogens is 1.